The molecule has 1 saturated heterocycles. The Morgan fingerprint density at radius 2 is 0.575 bits per heavy atom. The van der Waals surface area contributed by atoms with Crippen molar-refractivity contribution < 1.29 is 40.7 Å². The second kappa shape index (κ2) is 73.3. The monoisotopic (exact) mass is 1830 g/mol. The van der Waals surface area contributed by atoms with Gasteiger partial charge in [-0.25, -0.2) is 0 Å². The molecule has 4 rings (SSSR count). The lowest BCUT2D eigenvalue weighted by molar-refractivity contribution is 0.00723. The molecule has 0 bridgehead atoms. The van der Waals surface area contributed by atoms with E-state index in [2.05, 4.69) is 156 Å². The molecule has 2 fully saturated rings. The maximum atomic E-state index is 7.64. The summed E-state index contributed by atoms with van der Waals surface area (Å²) >= 11 is 0. The quantitative estimate of drug-likeness (QED) is 0.0365. The van der Waals surface area contributed by atoms with Crippen molar-refractivity contribution in [2.45, 2.75) is 603 Å². The van der Waals surface area contributed by atoms with Crippen LogP contribution < -0.4 is 9.05 Å². The van der Waals surface area contributed by atoms with Gasteiger partial charge in [0.05, 0.1) is 39.6 Å². The van der Waals surface area contributed by atoms with E-state index in [0.29, 0.717) is 38.3 Å². The van der Waals surface area contributed by atoms with Crippen molar-refractivity contribution >= 4 is 25.1 Å². The predicted molar refractivity (Wildman–Crippen MR) is 561 cm³/mol. The van der Waals surface area contributed by atoms with Gasteiger partial charge in [0.15, 0.2) is 0 Å². The average Bonchev–Trinajstić information content (AvgIpc) is 1.51. The summed E-state index contributed by atoms with van der Waals surface area (Å²) < 4.78 is 64.6. The first-order chi connectivity index (χ1) is 61.5. The van der Waals surface area contributed by atoms with Crippen molar-refractivity contribution in [2.24, 2.45) is 23.2 Å². The Hall–Kier alpha value is -0.950. The highest BCUT2D eigenvalue weighted by molar-refractivity contribution is 7.69. The Bertz CT molecular complexity index is 2800. The zero-order valence-electron chi connectivity index (χ0n) is 88.2. The van der Waals surface area contributed by atoms with E-state index < -0.39 is 30.5 Å². The van der Waals surface area contributed by atoms with Crippen LogP contribution in [0.3, 0.4) is 0 Å². The molecule has 6 atom stereocenters. The fraction of sp³-hybridized carbons (Fsp3) is 0.896. The number of hydrogen-bond donors (Lipinski definition) is 0. The van der Waals surface area contributed by atoms with E-state index >= 15 is 0 Å². The third-order valence-corrected chi connectivity index (χ3v) is 33.9. The molecule has 0 aromatic heterocycles. The van der Waals surface area contributed by atoms with Gasteiger partial charge in [-0.1, -0.05) is 515 Å². The zero-order valence-corrected chi connectivity index (χ0v) is 90.9. The third-order valence-electron chi connectivity index (χ3n) is 28.7. The third kappa shape index (κ3) is 51.9. The van der Waals surface area contributed by atoms with Crippen molar-refractivity contribution in [3.05, 3.63) is 57.6 Å². The molecular weight excluding hydrogens is 1620 g/mol. The van der Waals surface area contributed by atoms with E-state index in [9.17, 15) is 0 Å². The minimum atomic E-state index is -2.71. The zero-order chi connectivity index (χ0) is 92.4. The van der Waals surface area contributed by atoms with Gasteiger partial charge in [-0.2, -0.15) is 9.05 Å². The predicted octanol–water partition coefficient (Wildman–Crippen LogP) is 41.6. The standard InChI is InChI=1S/C115H216O9P3/c1-20-26-32-38-44-50-56-62-68-74-80-86-116-125(117-87-81-75-69-63-57-51-45-39-33-27-21-2)122-109-93-100(8)103(95-107(109)112(11,12)13)99(7)92-106(104-96-108(113(14,15)16)110(94-101(104)9)123-126(118-88-82-76-70-64-58-52-46-40-34-28-22-3)119-89-83-77-71-65-59-53-47-41-35-29-23-4)105-97-111(114(17,18)19)115(98-102(105)10)124-127(115,120-90-84-78-72-66-60-54-48-42-36-30-24-5)121-91-85-79-73-67-61-55-49-43-37-31-25-6/h93-96,99,102,105-106,111H,20-92,97-98H2,1-19H3/q+1. The SMILES string of the molecule is CCCCCCCCCCCCCOP(OCCCCCCCCCCCCC)Oc1cc(C)c(C(C)CC(c2cc(C(C)(C)C)c(OP(OCCCCCCCCCCCCC)OCCCCCCCCCCCCC)cc2C)C2CC(C(C)(C)C)C3(CC2C)O[P+]3(OCCCCCCCCCCCCC)OCCCCCCCCCCCCC)cc1C(C)(C)C. The molecule has 127 heavy (non-hydrogen) atoms. The number of benzene rings is 2. The maximum Gasteiger partial charge on any atom is 0.454 e. The number of hydrogen-bond acceptors (Lipinski definition) is 9. The summed E-state index contributed by atoms with van der Waals surface area (Å²) in [5, 5.41) is -0.435. The van der Waals surface area contributed by atoms with Crippen LogP contribution >= 0.6 is 25.1 Å². The van der Waals surface area contributed by atoms with Gasteiger partial charge in [0.2, 0.25) is 0 Å². The summed E-state index contributed by atoms with van der Waals surface area (Å²) in [5.74, 6) is 3.19. The van der Waals surface area contributed by atoms with Crippen molar-refractivity contribution in [2.75, 3.05) is 39.6 Å². The van der Waals surface area contributed by atoms with E-state index in [1.54, 1.807) is 0 Å². The average molecular weight is 1840 g/mol. The van der Waals surface area contributed by atoms with Crippen molar-refractivity contribution in [1.82, 2.24) is 0 Å². The Labute approximate surface area is 795 Å². The topological polar surface area (TPSA) is 86.4 Å². The molecule has 2 aliphatic rings. The molecular formula is C115H216O9P3+. The van der Waals surface area contributed by atoms with Gasteiger partial charge in [0.25, 0.3) is 0 Å². The highest BCUT2D eigenvalue weighted by Crippen LogP contribution is 2.94. The summed E-state index contributed by atoms with van der Waals surface area (Å²) in [5.41, 5.74) is 7.40. The summed E-state index contributed by atoms with van der Waals surface area (Å²) in [6.45, 7) is 49.8. The highest BCUT2D eigenvalue weighted by atomic mass is 31.2. The summed E-state index contributed by atoms with van der Waals surface area (Å²) in [7, 11) is -5.96. The second-order valence-electron chi connectivity index (χ2n) is 43.9. The molecule has 2 aromatic carbocycles. The lowest BCUT2D eigenvalue weighted by Crippen LogP contribution is -2.45. The smallest absolute Gasteiger partial charge is 0.426 e. The number of aryl methyl sites for hydroxylation is 2. The maximum absolute atomic E-state index is 7.64. The normalized spacial score (nSPS) is 17.2. The van der Waals surface area contributed by atoms with E-state index in [0.717, 1.165) is 82.5 Å². The van der Waals surface area contributed by atoms with Crippen LogP contribution in [-0.4, -0.2) is 45.0 Å². The van der Waals surface area contributed by atoms with E-state index in [-0.39, 0.29) is 34.0 Å². The molecule has 1 aliphatic heterocycles. The van der Waals surface area contributed by atoms with Crippen molar-refractivity contribution in [3.8, 4) is 11.5 Å². The van der Waals surface area contributed by atoms with Gasteiger partial charge in [-0.15, -0.1) is 4.52 Å². The van der Waals surface area contributed by atoms with Crippen LogP contribution in [0.5, 0.6) is 11.5 Å². The van der Waals surface area contributed by atoms with Gasteiger partial charge in [0.1, 0.15) is 11.5 Å². The number of unbranched alkanes of at least 4 members (excludes halogenated alkanes) is 60. The molecule has 0 N–H and O–H groups in total. The first kappa shape index (κ1) is 118. The van der Waals surface area contributed by atoms with Crippen LogP contribution in [0.2, 0.25) is 0 Å². The number of rotatable bonds is 87. The molecule has 1 spiro atoms. The van der Waals surface area contributed by atoms with Crippen LogP contribution in [0, 0.1) is 37.0 Å². The molecule has 9 nitrogen and oxygen atoms in total. The lowest BCUT2D eigenvalue weighted by atomic mass is 9.59. The van der Waals surface area contributed by atoms with E-state index in [4.69, 9.17) is 40.7 Å². The summed E-state index contributed by atoms with van der Waals surface area (Å²) in [6, 6.07) is 9.99. The highest BCUT2D eigenvalue weighted by Gasteiger charge is 2.91. The second-order valence-corrected chi connectivity index (χ2v) is 48.7. The fourth-order valence-electron chi connectivity index (χ4n) is 20.5. The van der Waals surface area contributed by atoms with Crippen LogP contribution in [0.4, 0.5) is 0 Å². The molecule has 6 unspecified atom stereocenters. The Morgan fingerprint density at radius 1 is 0.339 bits per heavy atom. The summed E-state index contributed by atoms with van der Waals surface area (Å²) in [4.78, 5) is 0. The van der Waals surface area contributed by atoms with Gasteiger partial charge >= 0.3 is 30.5 Å². The fourth-order valence-corrected chi connectivity index (χ4v) is 26.1. The molecule has 1 heterocycles. The minimum absolute atomic E-state index is 0.0710. The molecule has 2 aromatic rings. The van der Waals surface area contributed by atoms with Gasteiger partial charge < -0.3 is 27.1 Å². The van der Waals surface area contributed by atoms with E-state index in [1.807, 2.05) is 0 Å². The Morgan fingerprint density at radius 3 is 0.827 bits per heavy atom. The first-order valence-electron chi connectivity index (χ1n) is 56.1. The molecule has 744 valence electrons. The molecule has 12 heteroatoms. The lowest BCUT2D eigenvalue weighted by Gasteiger charge is -2.45. The Kier molecular flexibility index (Phi) is 68.3. The van der Waals surface area contributed by atoms with E-state index in [1.165, 1.54) is 419 Å². The minimum Gasteiger partial charge on any atom is -0.426 e. The van der Waals surface area contributed by atoms with Crippen LogP contribution in [0.1, 0.15) is 606 Å². The van der Waals surface area contributed by atoms with Crippen LogP contribution in [0.25, 0.3) is 0 Å². The molecule has 0 radical (unpaired) electrons. The molecule has 1 aliphatic carbocycles. The summed E-state index contributed by atoms with van der Waals surface area (Å²) in [6.07, 6.45) is 89.4. The molecule has 1 saturated carbocycles. The van der Waals surface area contributed by atoms with Gasteiger partial charge in [-0.05, 0) is 140 Å². The van der Waals surface area contributed by atoms with Crippen LogP contribution in [0.15, 0.2) is 24.3 Å². The van der Waals surface area contributed by atoms with Crippen LogP contribution in [-0.2, 0) is 42.5 Å². The van der Waals surface area contributed by atoms with Gasteiger partial charge in [-0.3, -0.25) is 0 Å². The van der Waals surface area contributed by atoms with Gasteiger partial charge in [0, 0.05) is 23.5 Å². The first-order valence-corrected chi connectivity index (χ1v) is 59.9. The largest absolute Gasteiger partial charge is 0.454 e. The van der Waals surface area contributed by atoms with Crippen molar-refractivity contribution in [1.29, 1.82) is 0 Å². The molecule has 0 amide bonds. The van der Waals surface area contributed by atoms with Crippen molar-refractivity contribution in [3.63, 3.8) is 0 Å². The Balaban J connectivity index is 1.80.